The van der Waals surface area contributed by atoms with Crippen LogP contribution in [-0.2, 0) is 13.0 Å². The van der Waals surface area contributed by atoms with Crippen molar-refractivity contribution in [3.8, 4) is 11.5 Å². The lowest BCUT2D eigenvalue weighted by molar-refractivity contribution is 0.106. The molecule has 0 aromatic heterocycles. The number of anilines is 1. The van der Waals surface area contributed by atoms with Crippen LogP contribution in [0, 0.1) is 0 Å². The van der Waals surface area contributed by atoms with Gasteiger partial charge in [0.25, 0.3) is 0 Å². The topological polar surface area (TPSA) is 95.1 Å². The number of nitrogens with one attached hydrogen (secondary N) is 3. The van der Waals surface area contributed by atoms with Gasteiger partial charge < -0.3 is 35.1 Å². The third-order valence-electron chi connectivity index (χ3n) is 10.5. The van der Waals surface area contributed by atoms with Crippen molar-refractivity contribution in [3.05, 3.63) is 149 Å². The Bertz CT molecular complexity index is 1970. The molecule has 0 bridgehead atoms. The SMILES string of the molecule is CC(C)(C)[Si](Oc1ccc(OCC(O)CNCCc2ccc(NC3CCN(C(=O)NCc4cccc(Cl)c4Cl)CC3)cc2)cc1)(c1ccccc1)c1ccccc1. The van der Waals surface area contributed by atoms with Gasteiger partial charge in [-0.3, -0.25) is 0 Å². The van der Waals surface area contributed by atoms with Gasteiger partial charge >= 0.3 is 14.3 Å². The van der Waals surface area contributed by atoms with Crippen molar-refractivity contribution in [2.75, 3.05) is 38.1 Å². The molecule has 2 amide bonds. The highest BCUT2D eigenvalue weighted by Gasteiger charge is 2.52. The molecule has 0 saturated carbocycles. The van der Waals surface area contributed by atoms with Crippen LogP contribution < -0.4 is 35.5 Å². The van der Waals surface area contributed by atoms with E-state index in [-0.39, 0.29) is 17.7 Å². The molecule has 1 heterocycles. The van der Waals surface area contributed by atoms with Crippen LogP contribution in [0.15, 0.2) is 127 Å². The third kappa shape index (κ3) is 11.1. The molecule has 1 saturated heterocycles. The van der Waals surface area contributed by atoms with Crippen molar-refractivity contribution in [2.24, 2.45) is 0 Å². The monoisotopic (exact) mass is 824 g/mol. The van der Waals surface area contributed by atoms with E-state index in [1.807, 2.05) is 53.4 Å². The van der Waals surface area contributed by atoms with Gasteiger partial charge in [-0.2, -0.15) is 0 Å². The Morgan fingerprint density at radius 1 is 0.825 bits per heavy atom. The second kappa shape index (κ2) is 19.8. The molecule has 0 spiro atoms. The Balaban J connectivity index is 0.893. The van der Waals surface area contributed by atoms with Crippen LogP contribution in [0.5, 0.6) is 11.5 Å². The minimum absolute atomic E-state index is 0.0916. The van der Waals surface area contributed by atoms with Gasteiger partial charge in [-0.1, -0.05) is 129 Å². The summed E-state index contributed by atoms with van der Waals surface area (Å²) in [5.74, 6) is 1.48. The quantitative estimate of drug-likeness (QED) is 0.0592. The minimum atomic E-state index is -2.73. The van der Waals surface area contributed by atoms with Crippen molar-refractivity contribution >= 4 is 53.6 Å². The molecule has 1 aliphatic heterocycles. The number of carbonyl (C=O) groups is 1. The van der Waals surface area contributed by atoms with Crippen LogP contribution in [0.3, 0.4) is 0 Å². The third-order valence-corrected chi connectivity index (χ3v) is 16.3. The fourth-order valence-electron chi connectivity index (χ4n) is 7.38. The first kappa shape index (κ1) is 42.1. The van der Waals surface area contributed by atoms with Gasteiger partial charge in [-0.15, -0.1) is 0 Å². The molecule has 57 heavy (non-hydrogen) atoms. The molecule has 1 unspecified atom stereocenters. The number of halogens is 2. The van der Waals surface area contributed by atoms with E-state index in [1.165, 1.54) is 15.9 Å². The molecule has 0 aliphatic carbocycles. The molecule has 8 nitrogen and oxygen atoms in total. The maximum atomic E-state index is 12.7. The molecular formula is C46H54Cl2N4O4Si. The van der Waals surface area contributed by atoms with Crippen LogP contribution >= 0.6 is 23.2 Å². The molecule has 1 atom stereocenters. The first-order valence-corrected chi connectivity index (χ1v) is 22.4. The van der Waals surface area contributed by atoms with Crippen molar-refractivity contribution in [1.29, 1.82) is 0 Å². The number of benzene rings is 5. The molecule has 300 valence electrons. The molecule has 6 rings (SSSR count). The van der Waals surface area contributed by atoms with Gasteiger partial charge in [-0.25, -0.2) is 4.79 Å². The fraction of sp³-hybridized carbons (Fsp3) is 0.326. The number of likely N-dealkylation sites (tertiary alicyclic amines) is 1. The molecule has 1 fully saturated rings. The van der Waals surface area contributed by atoms with Crippen molar-refractivity contribution < 1.29 is 19.1 Å². The number of nitrogens with zero attached hydrogens (tertiary/aromatic N) is 1. The van der Waals surface area contributed by atoms with Crippen molar-refractivity contribution in [1.82, 2.24) is 15.5 Å². The maximum absolute atomic E-state index is 12.7. The summed E-state index contributed by atoms with van der Waals surface area (Å²) in [7, 11) is -2.73. The number of aliphatic hydroxyl groups excluding tert-OH is 1. The zero-order valence-corrected chi connectivity index (χ0v) is 35.5. The van der Waals surface area contributed by atoms with Crippen LogP contribution in [0.25, 0.3) is 0 Å². The number of hydrogen-bond acceptors (Lipinski definition) is 6. The number of carbonyl (C=O) groups excluding carboxylic acids is 1. The Morgan fingerprint density at radius 3 is 2.05 bits per heavy atom. The summed E-state index contributed by atoms with van der Waals surface area (Å²) in [4.78, 5) is 14.6. The first-order valence-electron chi connectivity index (χ1n) is 19.7. The predicted molar refractivity (Wildman–Crippen MR) is 236 cm³/mol. The van der Waals surface area contributed by atoms with Crippen LogP contribution in [0.2, 0.25) is 15.1 Å². The van der Waals surface area contributed by atoms with E-state index < -0.39 is 14.4 Å². The second-order valence-electron chi connectivity index (χ2n) is 15.6. The zero-order chi connectivity index (χ0) is 40.3. The van der Waals surface area contributed by atoms with Gasteiger partial charge in [0, 0.05) is 37.9 Å². The van der Waals surface area contributed by atoms with Crippen LogP contribution in [-0.4, -0.2) is 69.3 Å². The number of ether oxygens (including phenoxy) is 1. The van der Waals surface area contributed by atoms with E-state index in [0.717, 1.165) is 42.8 Å². The fourth-order valence-corrected chi connectivity index (χ4v) is 12.2. The van der Waals surface area contributed by atoms with Gasteiger partial charge in [0.2, 0.25) is 0 Å². The van der Waals surface area contributed by atoms with E-state index in [1.54, 1.807) is 6.07 Å². The summed E-state index contributed by atoms with van der Waals surface area (Å²) in [6.07, 6.45) is 1.93. The molecule has 5 aromatic carbocycles. The van der Waals surface area contributed by atoms with Crippen molar-refractivity contribution in [2.45, 2.75) is 63.8 Å². The lowest BCUT2D eigenvalue weighted by Crippen LogP contribution is -2.68. The summed E-state index contributed by atoms with van der Waals surface area (Å²) >= 11 is 12.4. The summed E-state index contributed by atoms with van der Waals surface area (Å²) < 4.78 is 13.1. The Morgan fingerprint density at radius 2 is 1.44 bits per heavy atom. The van der Waals surface area contributed by atoms with Crippen LogP contribution in [0.1, 0.15) is 44.7 Å². The number of rotatable bonds is 16. The standard InChI is InChI=1S/C46H54Cl2N4O4Si/c1-46(2,3)57(41-12-6-4-7-13-41,42-14-8-5-9-15-42)56-40-23-21-39(22-24-40)55-33-38(53)32-49-28-25-34-17-19-36(20-18-34)51-37-26-29-52(30-27-37)45(54)50-31-35-11-10-16-43(47)44(35)48/h4-24,37-38,49,51,53H,25-33H2,1-3H3,(H,50,54). The number of amides is 2. The highest BCUT2D eigenvalue weighted by atomic mass is 35.5. The van der Waals surface area contributed by atoms with Gasteiger partial charge in [0.15, 0.2) is 0 Å². The Kier molecular flexibility index (Phi) is 14.6. The first-order chi connectivity index (χ1) is 27.5. The molecule has 11 heteroatoms. The Hall–Kier alpha value is -4.51. The number of urea groups is 1. The smallest absolute Gasteiger partial charge is 0.319 e. The van der Waals surface area contributed by atoms with Gasteiger partial charge in [0.1, 0.15) is 24.2 Å². The molecule has 4 N–H and O–H groups in total. The molecule has 0 radical (unpaired) electrons. The van der Waals surface area contributed by atoms with E-state index >= 15 is 0 Å². The lowest BCUT2D eigenvalue weighted by atomic mass is 10.0. The predicted octanol–water partition coefficient (Wildman–Crippen LogP) is 8.29. The normalized spacial score (nSPS) is 14.2. The highest BCUT2D eigenvalue weighted by Crippen LogP contribution is 2.38. The second-order valence-corrected chi connectivity index (χ2v) is 20.6. The van der Waals surface area contributed by atoms with Crippen molar-refractivity contribution in [3.63, 3.8) is 0 Å². The molecular weight excluding hydrogens is 772 g/mol. The van der Waals surface area contributed by atoms with E-state index in [4.69, 9.17) is 32.4 Å². The highest BCUT2D eigenvalue weighted by molar-refractivity contribution is 7.00. The Labute approximate surface area is 348 Å². The minimum Gasteiger partial charge on any atom is -0.534 e. The maximum Gasteiger partial charge on any atom is 0.319 e. The van der Waals surface area contributed by atoms with E-state index in [9.17, 15) is 9.90 Å². The number of piperidine rings is 1. The van der Waals surface area contributed by atoms with Gasteiger partial charge in [0.05, 0.1) is 10.0 Å². The zero-order valence-electron chi connectivity index (χ0n) is 33.0. The summed E-state index contributed by atoms with van der Waals surface area (Å²) in [5, 5.41) is 23.8. The van der Waals surface area contributed by atoms with E-state index in [2.05, 4.69) is 110 Å². The summed E-state index contributed by atoms with van der Waals surface area (Å²) in [5.41, 5.74) is 3.08. The number of aliphatic hydroxyl groups is 1. The van der Waals surface area contributed by atoms with E-state index in [0.29, 0.717) is 48.0 Å². The average molecular weight is 826 g/mol. The molecule has 1 aliphatic rings. The lowest BCUT2D eigenvalue weighted by Gasteiger charge is -2.43. The van der Waals surface area contributed by atoms with Gasteiger partial charge in [-0.05, 0) is 94.8 Å². The number of hydrogen-bond donors (Lipinski definition) is 4. The molecule has 5 aromatic rings. The average Bonchev–Trinajstić information content (AvgIpc) is 3.22. The summed E-state index contributed by atoms with van der Waals surface area (Å²) in [6.45, 7) is 9.84. The largest absolute Gasteiger partial charge is 0.534 e. The van der Waals surface area contributed by atoms with Crippen LogP contribution in [0.4, 0.5) is 10.5 Å². The summed E-state index contributed by atoms with van der Waals surface area (Å²) in [6, 6.07) is 43.1.